The molecule has 0 fully saturated rings. The first kappa shape index (κ1) is 9.95. The molecule has 0 N–H and O–H groups in total. The van der Waals surface area contributed by atoms with Gasteiger partial charge in [-0.1, -0.05) is 30.9 Å². The topological polar surface area (TPSA) is 12.9 Å². The molecule has 2 rings (SSSR count). The van der Waals surface area contributed by atoms with Gasteiger partial charge < -0.3 is 0 Å². The van der Waals surface area contributed by atoms with Gasteiger partial charge in [-0.3, -0.25) is 0 Å². The van der Waals surface area contributed by atoms with Gasteiger partial charge in [0.1, 0.15) is 0 Å². The molecule has 0 aliphatic rings. The van der Waals surface area contributed by atoms with Crippen molar-refractivity contribution in [3.8, 4) is 23.0 Å². The van der Waals surface area contributed by atoms with E-state index in [0.29, 0.717) is 0 Å². The summed E-state index contributed by atoms with van der Waals surface area (Å²) in [7, 11) is 0. The minimum absolute atomic E-state index is 0.899. The summed E-state index contributed by atoms with van der Waals surface area (Å²) in [5, 5.41) is 2.05. The van der Waals surface area contributed by atoms with E-state index in [2.05, 4.69) is 47.4 Å². The van der Waals surface area contributed by atoms with Crippen LogP contribution in [0.4, 0.5) is 0 Å². The monoisotopic (exact) mass is 213 g/mol. The van der Waals surface area contributed by atoms with Crippen LogP contribution in [-0.2, 0) is 0 Å². The Bertz CT molecular complexity index is 471. The second kappa shape index (κ2) is 4.77. The lowest BCUT2D eigenvalue weighted by Gasteiger charge is -1.96. The van der Waals surface area contributed by atoms with Crippen LogP contribution in [0.25, 0.3) is 11.1 Å². The molecule has 0 amide bonds. The summed E-state index contributed by atoms with van der Waals surface area (Å²) in [4.78, 5) is 0. The fourth-order valence-electron chi connectivity index (χ4n) is 1.28. The summed E-state index contributed by atoms with van der Waals surface area (Å²) in [6.45, 7) is 2.05. The third-order valence-electron chi connectivity index (χ3n) is 2.06. The second-order valence-corrected chi connectivity index (χ2v) is 3.80. The molecule has 1 nitrogen and oxygen atoms in total. The number of hydrogen-bond donors (Lipinski definition) is 0. The lowest BCUT2D eigenvalue weighted by atomic mass is 10.1. The lowest BCUT2D eigenvalue weighted by molar-refractivity contribution is 1.28. The number of nitrogens with zero attached hydrogens (tertiary/aromatic N) is 1. The molecule has 0 aliphatic carbocycles. The van der Waals surface area contributed by atoms with Crippen molar-refractivity contribution >= 4 is 11.5 Å². The first-order chi connectivity index (χ1) is 7.40. The molecule has 0 bridgehead atoms. The van der Waals surface area contributed by atoms with Gasteiger partial charge in [0, 0.05) is 29.1 Å². The van der Waals surface area contributed by atoms with Crippen molar-refractivity contribution in [2.24, 2.45) is 0 Å². The normalized spacial score (nSPS) is 9.40. The molecule has 74 valence electrons. The molecular formula is C13H11NS. The Kier molecular flexibility index (Phi) is 3.16. The third kappa shape index (κ3) is 2.45. The Labute approximate surface area is 93.9 Å². The Morgan fingerprint density at radius 2 is 2.00 bits per heavy atom. The molecule has 0 unspecified atom stereocenters. The highest BCUT2D eigenvalue weighted by Gasteiger charge is 1.97. The molecule has 0 radical (unpaired) electrons. The van der Waals surface area contributed by atoms with Crippen LogP contribution in [0, 0.1) is 11.8 Å². The van der Waals surface area contributed by atoms with Crippen molar-refractivity contribution in [3.05, 3.63) is 41.4 Å². The van der Waals surface area contributed by atoms with E-state index >= 15 is 0 Å². The predicted molar refractivity (Wildman–Crippen MR) is 64.7 cm³/mol. The number of rotatable bonds is 1. The van der Waals surface area contributed by atoms with E-state index in [1.54, 1.807) is 0 Å². The van der Waals surface area contributed by atoms with Crippen LogP contribution in [0.2, 0.25) is 0 Å². The van der Waals surface area contributed by atoms with E-state index in [1.165, 1.54) is 22.7 Å². The van der Waals surface area contributed by atoms with Gasteiger partial charge in [0.2, 0.25) is 0 Å². The average molecular weight is 213 g/mol. The highest BCUT2D eigenvalue weighted by Crippen LogP contribution is 2.20. The van der Waals surface area contributed by atoms with Crippen LogP contribution in [0.3, 0.4) is 0 Å². The van der Waals surface area contributed by atoms with Crippen molar-refractivity contribution < 1.29 is 0 Å². The van der Waals surface area contributed by atoms with Crippen molar-refractivity contribution in [3.63, 3.8) is 0 Å². The van der Waals surface area contributed by atoms with E-state index in [0.717, 1.165) is 12.0 Å². The zero-order valence-electron chi connectivity index (χ0n) is 8.53. The van der Waals surface area contributed by atoms with Crippen LogP contribution in [0.15, 0.2) is 35.8 Å². The Balaban J connectivity index is 2.25. The largest absolute Gasteiger partial charge is 0.201 e. The van der Waals surface area contributed by atoms with Crippen LogP contribution in [-0.4, -0.2) is 4.37 Å². The molecule has 0 aliphatic heterocycles. The molecule has 0 saturated carbocycles. The van der Waals surface area contributed by atoms with Crippen LogP contribution in [0.1, 0.15) is 18.9 Å². The number of benzene rings is 1. The first-order valence-electron chi connectivity index (χ1n) is 4.89. The van der Waals surface area contributed by atoms with Gasteiger partial charge in [0.25, 0.3) is 0 Å². The molecule has 0 saturated heterocycles. The van der Waals surface area contributed by atoms with Crippen LogP contribution in [0.5, 0.6) is 0 Å². The van der Waals surface area contributed by atoms with E-state index in [-0.39, 0.29) is 0 Å². The predicted octanol–water partition coefficient (Wildman–Crippen LogP) is 3.57. The van der Waals surface area contributed by atoms with Gasteiger partial charge in [-0.2, -0.15) is 0 Å². The summed E-state index contributed by atoms with van der Waals surface area (Å²) in [6, 6.07) is 8.28. The maximum absolute atomic E-state index is 4.08. The Morgan fingerprint density at radius 1 is 1.20 bits per heavy atom. The van der Waals surface area contributed by atoms with Gasteiger partial charge in [0.15, 0.2) is 0 Å². The molecule has 0 atom stereocenters. The van der Waals surface area contributed by atoms with Gasteiger partial charge in [-0.25, -0.2) is 4.37 Å². The first-order valence-corrected chi connectivity index (χ1v) is 5.72. The zero-order chi connectivity index (χ0) is 10.5. The Morgan fingerprint density at radius 3 is 2.60 bits per heavy atom. The lowest BCUT2D eigenvalue weighted by Crippen LogP contribution is -1.76. The van der Waals surface area contributed by atoms with E-state index < -0.39 is 0 Å². The highest BCUT2D eigenvalue weighted by atomic mass is 32.1. The van der Waals surface area contributed by atoms with Gasteiger partial charge in [0.05, 0.1) is 0 Å². The molecular weight excluding hydrogens is 202 g/mol. The molecule has 1 aromatic carbocycles. The SMILES string of the molecule is CCC#Cc1ccc(-c2cnsc2)cc1. The summed E-state index contributed by atoms with van der Waals surface area (Å²) < 4.78 is 4.08. The third-order valence-corrected chi connectivity index (χ3v) is 2.65. The minimum atomic E-state index is 0.899. The molecule has 1 aromatic heterocycles. The fourth-order valence-corrected chi connectivity index (χ4v) is 1.83. The Hall–Kier alpha value is -1.59. The summed E-state index contributed by atoms with van der Waals surface area (Å²) in [6.07, 6.45) is 2.79. The van der Waals surface area contributed by atoms with Gasteiger partial charge in [-0.15, -0.1) is 0 Å². The molecule has 2 aromatic rings. The van der Waals surface area contributed by atoms with Gasteiger partial charge >= 0.3 is 0 Å². The van der Waals surface area contributed by atoms with E-state index in [1.807, 2.05) is 11.6 Å². The quantitative estimate of drug-likeness (QED) is 0.660. The zero-order valence-corrected chi connectivity index (χ0v) is 9.34. The minimum Gasteiger partial charge on any atom is -0.201 e. The molecule has 2 heteroatoms. The molecule has 15 heavy (non-hydrogen) atoms. The van der Waals surface area contributed by atoms with Crippen molar-refractivity contribution in [2.75, 3.05) is 0 Å². The van der Waals surface area contributed by atoms with Crippen molar-refractivity contribution in [1.82, 2.24) is 4.37 Å². The number of aromatic nitrogens is 1. The van der Waals surface area contributed by atoms with E-state index in [4.69, 9.17) is 0 Å². The van der Waals surface area contributed by atoms with Crippen molar-refractivity contribution in [2.45, 2.75) is 13.3 Å². The maximum atomic E-state index is 4.08. The smallest absolute Gasteiger partial charge is 0.0485 e. The fraction of sp³-hybridized carbons (Fsp3) is 0.154. The molecule has 0 spiro atoms. The average Bonchev–Trinajstić information content (AvgIpc) is 2.80. The van der Waals surface area contributed by atoms with Crippen LogP contribution >= 0.6 is 11.5 Å². The van der Waals surface area contributed by atoms with Gasteiger partial charge in [-0.05, 0) is 29.2 Å². The van der Waals surface area contributed by atoms with Crippen LogP contribution < -0.4 is 0 Å². The number of hydrogen-bond acceptors (Lipinski definition) is 2. The summed E-state index contributed by atoms with van der Waals surface area (Å²) in [5.74, 6) is 6.16. The standard InChI is InChI=1S/C13H11NS/c1-2-3-4-11-5-7-12(8-6-11)13-9-14-15-10-13/h5-10H,2H2,1H3. The maximum Gasteiger partial charge on any atom is 0.0485 e. The van der Waals surface area contributed by atoms with Crippen molar-refractivity contribution in [1.29, 1.82) is 0 Å². The highest BCUT2D eigenvalue weighted by molar-refractivity contribution is 7.03. The summed E-state index contributed by atoms with van der Waals surface area (Å²) in [5.41, 5.74) is 3.45. The second-order valence-electron chi connectivity index (χ2n) is 3.15. The van der Waals surface area contributed by atoms with E-state index in [9.17, 15) is 0 Å². The molecule has 1 heterocycles. The summed E-state index contributed by atoms with van der Waals surface area (Å²) >= 11 is 1.47.